The van der Waals surface area contributed by atoms with Crippen LogP contribution in [-0.2, 0) is 19.6 Å². The molecule has 1 amide bonds. The predicted molar refractivity (Wildman–Crippen MR) is 155 cm³/mol. The lowest BCUT2D eigenvalue weighted by molar-refractivity contribution is -0.127. The molecule has 0 bridgehead atoms. The molecule has 2 aromatic carbocycles. The summed E-state index contributed by atoms with van der Waals surface area (Å²) < 4.78 is 61.1. The Hall–Kier alpha value is -4.78. The number of hydrogen-bond acceptors (Lipinski definition) is 8. The number of sulfonamides is 1. The quantitative estimate of drug-likeness (QED) is 0.287. The monoisotopic (exact) mass is 607 g/mol. The number of ether oxygens (including phenoxy) is 1. The summed E-state index contributed by atoms with van der Waals surface area (Å²) in [6.07, 6.45) is 6.92. The molecule has 43 heavy (non-hydrogen) atoms. The van der Waals surface area contributed by atoms with Crippen LogP contribution in [0.2, 0.25) is 0 Å². The van der Waals surface area contributed by atoms with Gasteiger partial charge in [0.2, 0.25) is 11.8 Å². The zero-order valence-corrected chi connectivity index (χ0v) is 24.1. The topological polar surface area (TPSA) is 131 Å². The van der Waals surface area contributed by atoms with Crippen molar-refractivity contribution in [2.45, 2.75) is 30.6 Å². The van der Waals surface area contributed by atoms with Crippen molar-refractivity contribution in [3.63, 3.8) is 0 Å². The number of methoxy groups -OCH3 is 1. The van der Waals surface area contributed by atoms with E-state index in [0.717, 1.165) is 23.2 Å². The van der Waals surface area contributed by atoms with Gasteiger partial charge in [0, 0.05) is 48.3 Å². The molecule has 13 heteroatoms. The molecule has 3 heterocycles. The lowest BCUT2D eigenvalue weighted by atomic mass is 9.90. The van der Waals surface area contributed by atoms with Gasteiger partial charge in [-0.25, -0.2) is 32.2 Å². The molecule has 222 valence electrons. The zero-order valence-electron chi connectivity index (χ0n) is 23.3. The number of rotatable bonds is 8. The van der Waals surface area contributed by atoms with Gasteiger partial charge in [-0.1, -0.05) is 6.07 Å². The second-order valence-corrected chi connectivity index (χ2v) is 11.6. The van der Waals surface area contributed by atoms with Crippen LogP contribution < -0.4 is 9.46 Å². The summed E-state index contributed by atoms with van der Waals surface area (Å²) in [5.74, 6) is -2.52. The zero-order chi connectivity index (χ0) is 30.7. The Morgan fingerprint density at radius 3 is 2.47 bits per heavy atom. The maximum Gasteiger partial charge on any atom is 0.264 e. The standard InChI is InChI=1S/C30H27F2N5O5S/c1-18(38)3-8-28(39)37-11-9-19(10-12-37)29-23-13-20(4-6-25(23)34-17-35-29)21-14-26(30(42-2)33-16-21)36-43(40,41)27-7-5-22(31)15-24(27)32/h3-8,13-17,19,36H,9-12H2,1-2H3/b8-3+. The van der Waals surface area contributed by atoms with E-state index in [9.17, 15) is 26.8 Å². The van der Waals surface area contributed by atoms with Gasteiger partial charge in [-0.3, -0.25) is 14.3 Å². The second-order valence-electron chi connectivity index (χ2n) is 10.00. The third-order valence-corrected chi connectivity index (χ3v) is 8.52. The number of hydrogen-bond donors (Lipinski definition) is 1. The molecule has 0 unspecified atom stereocenters. The Balaban J connectivity index is 1.43. The highest BCUT2D eigenvalue weighted by Crippen LogP contribution is 2.35. The second kappa shape index (κ2) is 12.2. The van der Waals surface area contributed by atoms with Gasteiger partial charge in [0.05, 0.1) is 18.3 Å². The lowest BCUT2D eigenvalue weighted by Crippen LogP contribution is -2.37. The average molecular weight is 608 g/mol. The normalized spacial score (nSPS) is 14.3. The third-order valence-electron chi connectivity index (χ3n) is 7.13. The highest BCUT2D eigenvalue weighted by molar-refractivity contribution is 7.92. The molecule has 0 atom stereocenters. The third kappa shape index (κ3) is 6.51. The number of anilines is 1. The number of aromatic nitrogens is 3. The van der Waals surface area contributed by atoms with E-state index in [0.29, 0.717) is 48.6 Å². The molecular formula is C30H27F2N5O5S. The number of likely N-dealkylation sites (tertiary alicyclic amines) is 1. The Labute approximate surface area is 246 Å². The first kappa shape index (κ1) is 29.7. The van der Waals surface area contributed by atoms with Gasteiger partial charge in [-0.05, 0) is 61.7 Å². The van der Waals surface area contributed by atoms with E-state index >= 15 is 0 Å². The summed E-state index contributed by atoms with van der Waals surface area (Å²) in [7, 11) is -3.13. The van der Waals surface area contributed by atoms with E-state index < -0.39 is 26.6 Å². The Morgan fingerprint density at radius 2 is 1.77 bits per heavy atom. The number of amides is 1. The van der Waals surface area contributed by atoms with Gasteiger partial charge in [-0.15, -0.1) is 0 Å². The Kier molecular flexibility index (Phi) is 8.44. The van der Waals surface area contributed by atoms with Crippen molar-refractivity contribution in [1.82, 2.24) is 19.9 Å². The summed E-state index contributed by atoms with van der Waals surface area (Å²) in [4.78, 5) is 37.8. The van der Waals surface area contributed by atoms with Crippen LogP contribution in [0.25, 0.3) is 22.0 Å². The SMILES string of the molecule is COc1ncc(-c2ccc3ncnc(C4CCN(C(=O)/C=C/C(C)=O)CC4)c3c2)cc1NS(=O)(=O)c1ccc(F)cc1F. The van der Waals surface area contributed by atoms with Crippen molar-refractivity contribution in [3.05, 3.63) is 84.5 Å². The molecule has 5 rings (SSSR count). The number of halogens is 2. The number of carbonyl (C=O) groups is 2. The van der Waals surface area contributed by atoms with Crippen molar-refractivity contribution in [2.24, 2.45) is 0 Å². The fourth-order valence-electron chi connectivity index (χ4n) is 4.99. The molecular weight excluding hydrogens is 580 g/mol. The molecule has 1 aliphatic rings. The molecule has 1 aliphatic heterocycles. The highest BCUT2D eigenvalue weighted by Gasteiger charge is 2.26. The highest BCUT2D eigenvalue weighted by atomic mass is 32.2. The van der Waals surface area contributed by atoms with Gasteiger partial charge in [0.15, 0.2) is 5.78 Å². The molecule has 1 fully saturated rings. The van der Waals surface area contributed by atoms with Crippen LogP contribution in [0.15, 0.2) is 72.0 Å². The van der Waals surface area contributed by atoms with E-state index in [2.05, 4.69) is 19.7 Å². The number of nitrogens with one attached hydrogen (secondary N) is 1. The van der Waals surface area contributed by atoms with Crippen LogP contribution in [0.3, 0.4) is 0 Å². The van der Waals surface area contributed by atoms with Crippen LogP contribution in [0.1, 0.15) is 31.4 Å². The smallest absolute Gasteiger partial charge is 0.264 e. The van der Waals surface area contributed by atoms with Crippen molar-refractivity contribution < 1.29 is 31.5 Å². The van der Waals surface area contributed by atoms with E-state index in [1.165, 1.54) is 44.8 Å². The first-order valence-electron chi connectivity index (χ1n) is 13.3. The summed E-state index contributed by atoms with van der Waals surface area (Å²) >= 11 is 0. The van der Waals surface area contributed by atoms with E-state index in [1.54, 1.807) is 4.90 Å². The van der Waals surface area contributed by atoms with Crippen molar-refractivity contribution in [2.75, 3.05) is 24.9 Å². The molecule has 0 radical (unpaired) electrons. The first-order valence-corrected chi connectivity index (χ1v) is 14.8. The van der Waals surface area contributed by atoms with Crippen LogP contribution in [0, 0.1) is 11.6 Å². The first-order chi connectivity index (χ1) is 20.6. The number of piperidine rings is 1. The van der Waals surface area contributed by atoms with Crippen LogP contribution in [0.5, 0.6) is 5.88 Å². The van der Waals surface area contributed by atoms with E-state index in [4.69, 9.17) is 4.74 Å². The van der Waals surface area contributed by atoms with Crippen LogP contribution in [0.4, 0.5) is 14.5 Å². The van der Waals surface area contributed by atoms with E-state index in [1.807, 2.05) is 18.2 Å². The van der Waals surface area contributed by atoms with Gasteiger partial charge in [0.1, 0.15) is 28.5 Å². The van der Waals surface area contributed by atoms with Gasteiger partial charge >= 0.3 is 0 Å². The Morgan fingerprint density at radius 1 is 1.00 bits per heavy atom. The summed E-state index contributed by atoms with van der Waals surface area (Å²) in [6.45, 7) is 2.41. The number of pyridine rings is 1. The molecule has 4 aromatic rings. The maximum atomic E-state index is 14.3. The molecule has 10 nitrogen and oxygen atoms in total. The molecule has 2 aromatic heterocycles. The minimum Gasteiger partial charge on any atom is -0.480 e. The summed E-state index contributed by atoms with van der Waals surface area (Å²) in [5, 5.41) is 0.799. The fourth-order valence-corrected chi connectivity index (χ4v) is 6.10. The fraction of sp³-hybridized carbons (Fsp3) is 0.233. The minimum atomic E-state index is -4.45. The number of fused-ring (bicyclic) bond motifs is 1. The van der Waals surface area contributed by atoms with Gasteiger partial charge in [0.25, 0.3) is 10.0 Å². The maximum absolute atomic E-state index is 14.3. The number of ketones is 1. The van der Waals surface area contributed by atoms with E-state index in [-0.39, 0.29) is 29.2 Å². The van der Waals surface area contributed by atoms with Gasteiger partial charge < -0.3 is 9.64 Å². The number of carbonyl (C=O) groups excluding carboxylic acids is 2. The number of allylic oxidation sites excluding steroid dienone is 1. The Bertz CT molecular complexity index is 1860. The van der Waals surface area contributed by atoms with Crippen molar-refractivity contribution in [1.29, 1.82) is 0 Å². The molecule has 0 spiro atoms. The lowest BCUT2D eigenvalue weighted by Gasteiger charge is -2.31. The molecule has 0 saturated carbocycles. The van der Waals surface area contributed by atoms with Crippen molar-refractivity contribution in [3.8, 4) is 17.0 Å². The van der Waals surface area contributed by atoms with Gasteiger partial charge in [-0.2, -0.15) is 0 Å². The molecule has 0 aliphatic carbocycles. The number of nitrogens with zero attached hydrogens (tertiary/aromatic N) is 4. The number of benzene rings is 2. The van der Waals surface area contributed by atoms with Crippen molar-refractivity contribution >= 4 is 38.3 Å². The predicted octanol–water partition coefficient (Wildman–Crippen LogP) is 4.63. The average Bonchev–Trinajstić information content (AvgIpc) is 2.99. The largest absolute Gasteiger partial charge is 0.480 e. The van der Waals surface area contributed by atoms with Crippen LogP contribution in [-0.4, -0.2) is 60.2 Å². The summed E-state index contributed by atoms with van der Waals surface area (Å²) in [6, 6.07) is 9.21. The summed E-state index contributed by atoms with van der Waals surface area (Å²) in [5.41, 5.74) is 2.73. The van der Waals surface area contributed by atoms with Crippen LogP contribution >= 0.6 is 0 Å². The minimum absolute atomic E-state index is 0.0378. The molecule has 1 saturated heterocycles. The molecule has 1 N–H and O–H groups in total.